The molecule has 0 aliphatic carbocycles. The van der Waals surface area contributed by atoms with Crippen LogP contribution in [0, 0.1) is 0 Å². The van der Waals surface area contributed by atoms with Gasteiger partial charge in [0.1, 0.15) is 5.56 Å². The van der Waals surface area contributed by atoms with Crippen LogP contribution >= 0.6 is 0 Å². The minimum atomic E-state index is -0.199. The van der Waals surface area contributed by atoms with Gasteiger partial charge in [-0.05, 0) is 54.1 Å². The van der Waals surface area contributed by atoms with Gasteiger partial charge in [0.05, 0.1) is 21.9 Å². The summed E-state index contributed by atoms with van der Waals surface area (Å²) < 4.78 is 5.08. The number of hydrogen-bond donors (Lipinski definition) is 0. The first-order chi connectivity index (χ1) is 19.2. The predicted octanol–water partition coefficient (Wildman–Crippen LogP) is 8.57. The fourth-order valence-electron chi connectivity index (χ4n) is 7.22. The fourth-order valence-corrected chi connectivity index (χ4v) is 7.22. The first-order valence-electron chi connectivity index (χ1n) is 14.6. The molecular weight excluding hydrogens is 472 g/mol. The van der Waals surface area contributed by atoms with Crippen LogP contribution in [-0.4, -0.2) is 0 Å². The van der Waals surface area contributed by atoms with Gasteiger partial charge in [0.15, 0.2) is 17.9 Å². The maximum absolute atomic E-state index is 2.63. The smallest absolute Gasteiger partial charge is 0.188 e. The van der Waals surface area contributed by atoms with Crippen molar-refractivity contribution in [1.82, 2.24) is 0 Å². The highest BCUT2D eigenvalue weighted by Gasteiger charge is 2.50. The van der Waals surface area contributed by atoms with Gasteiger partial charge in [-0.25, -0.2) is 0 Å². The summed E-state index contributed by atoms with van der Waals surface area (Å²) in [6.45, 7) is 7.01. The summed E-state index contributed by atoms with van der Waals surface area (Å²) in [5.41, 5.74) is 9.19. The van der Waals surface area contributed by atoms with Crippen LogP contribution in [0.2, 0.25) is 0 Å². The fraction of sp³-hybridized carbons (Fsp3) is 0.243. The standard InChI is InChI=1S/C37H36N2/c1-4-7-14-26-20-21-28-27(25-26)22-24-39-35(28)31-17-10-11-18-32(31)36-34(37(39,5-2)6-3)30-16-9-8-15-29(30)33-19-12-13-23-38(33)36/h8-13,15-25H,4-7,14H2,1-3H3/q+2. The van der Waals surface area contributed by atoms with Crippen molar-refractivity contribution in [2.45, 2.75) is 58.4 Å². The number of aromatic nitrogens is 2. The molecule has 0 radical (unpaired) electrons. The number of fused-ring (bicyclic) bond motifs is 12. The van der Waals surface area contributed by atoms with E-state index in [9.17, 15) is 0 Å². The summed E-state index contributed by atoms with van der Waals surface area (Å²) in [7, 11) is 0. The third-order valence-corrected chi connectivity index (χ3v) is 9.18. The van der Waals surface area contributed by atoms with Crippen molar-refractivity contribution in [1.29, 1.82) is 0 Å². The molecule has 1 aliphatic rings. The third kappa shape index (κ3) is 3.40. The van der Waals surface area contributed by atoms with Crippen LogP contribution < -0.4 is 8.97 Å². The second-order valence-electron chi connectivity index (χ2n) is 11.1. The Morgan fingerprint density at radius 2 is 1.36 bits per heavy atom. The number of rotatable bonds is 5. The lowest BCUT2D eigenvalue weighted by molar-refractivity contribution is -0.744. The van der Waals surface area contributed by atoms with E-state index in [1.165, 1.54) is 73.5 Å². The van der Waals surface area contributed by atoms with E-state index in [4.69, 9.17) is 0 Å². The SMILES string of the molecule is CCCCc1ccc2c3[n+](ccc2c1)C(CC)(CC)c1c([n+]2ccccc2c2ccccc12)-c1ccccc1-3. The van der Waals surface area contributed by atoms with Crippen LogP contribution in [0.15, 0.2) is 103 Å². The first kappa shape index (κ1) is 24.0. The van der Waals surface area contributed by atoms with Crippen molar-refractivity contribution < 1.29 is 8.97 Å². The number of unbranched alkanes of at least 4 members (excludes halogenated alkanes) is 1. The topological polar surface area (TPSA) is 7.98 Å². The summed E-state index contributed by atoms with van der Waals surface area (Å²) in [4.78, 5) is 0. The van der Waals surface area contributed by atoms with Crippen LogP contribution in [0.5, 0.6) is 0 Å². The van der Waals surface area contributed by atoms with E-state index in [0.717, 1.165) is 19.3 Å². The second-order valence-corrected chi connectivity index (χ2v) is 11.1. The molecule has 3 aromatic carbocycles. The van der Waals surface area contributed by atoms with Crippen molar-refractivity contribution in [3.8, 4) is 22.5 Å². The molecular formula is C37H36N2+2. The van der Waals surface area contributed by atoms with E-state index in [2.05, 4.69) is 133 Å². The van der Waals surface area contributed by atoms with Crippen LogP contribution in [0.3, 0.4) is 0 Å². The van der Waals surface area contributed by atoms with Crippen molar-refractivity contribution in [2.75, 3.05) is 0 Å². The van der Waals surface area contributed by atoms with E-state index in [1.807, 2.05) is 0 Å². The van der Waals surface area contributed by atoms with Crippen molar-refractivity contribution in [3.63, 3.8) is 0 Å². The first-order valence-corrected chi connectivity index (χ1v) is 14.6. The Bertz CT molecular complexity index is 1880. The van der Waals surface area contributed by atoms with Gasteiger partial charge in [-0.15, -0.1) is 0 Å². The molecule has 1 aliphatic heterocycles. The zero-order chi connectivity index (χ0) is 26.6. The minimum Gasteiger partial charge on any atom is -0.188 e. The molecule has 0 amide bonds. The lowest BCUT2D eigenvalue weighted by Gasteiger charge is -2.28. The van der Waals surface area contributed by atoms with Gasteiger partial charge in [-0.3, -0.25) is 0 Å². The Kier molecular flexibility index (Phi) is 5.74. The molecule has 0 fully saturated rings. The van der Waals surface area contributed by atoms with Crippen molar-refractivity contribution in [3.05, 3.63) is 115 Å². The highest BCUT2D eigenvalue weighted by Crippen LogP contribution is 2.47. The van der Waals surface area contributed by atoms with Gasteiger partial charge in [-0.2, -0.15) is 8.97 Å². The van der Waals surface area contributed by atoms with Gasteiger partial charge < -0.3 is 0 Å². The number of pyridine rings is 3. The summed E-state index contributed by atoms with van der Waals surface area (Å²) in [6.07, 6.45) is 10.2. The number of benzene rings is 3. The van der Waals surface area contributed by atoms with Crippen LogP contribution in [0.1, 0.15) is 57.6 Å². The number of aryl methyl sites for hydroxylation is 1. The van der Waals surface area contributed by atoms with Gasteiger partial charge in [-0.1, -0.05) is 69.7 Å². The van der Waals surface area contributed by atoms with Gasteiger partial charge in [0.2, 0.25) is 16.9 Å². The van der Waals surface area contributed by atoms with E-state index >= 15 is 0 Å². The summed E-state index contributed by atoms with van der Waals surface area (Å²) >= 11 is 0. The van der Waals surface area contributed by atoms with E-state index < -0.39 is 0 Å². The molecule has 192 valence electrons. The second kappa shape index (κ2) is 9.31. The van der Waals surface area contributed by atoms with Gasteiger partial charge >= 0.3 is 0 Å². The minimum absolute atomic E-state index is 0.199. The van der Waals surface area contributed by atoms with E-state index in [-0.39, 0.29) is 5.54 Å². The molecule has 0 N–H and O–H groups in total. The summed E-state index contributed by atoms with van der Waals surface area (Å²) in [5.74, 6) is 0. The van der Waals surface area contributed by atoms with Gasteiger partial charge in [0.25, 0.3) is 0 Å². The molecule has 2 nitrogen and oxygen atoms in total. The van der Waals surface area contributed by atoms with Crippen molar-refractivity contribution in [2.24, 2.45) is 0 Å². The maximum Gasteiger partial charge on any atom is 0.230 e. The Morgan fingerprint density at radius 3 is 2.13 bits per heavy atom. The zero-order valence-electron chi connectivity index (χ0n) is 23.2. The van der Waals surface area contributed by atoms with Crippen LogP contribution in [0.25, 0.3) is 49.6 Å². The largest absolute Gasteiger partial charge is 0.230 e. The lowest BCUT2D eigenvalue weighted by Crippen LogP contribution is -2.57. The molecule has 6 aromatic rings. The average molecular weight is 509 g/mol. The molecule has 0 spiro atoms. The molecule has 2 heteroatoms. The zero-order valence-corrected chi connectivity index (χ0v) is 23.2. The summed E-state index contributed by atoms with van der Waals surface area (Å²) in [5, 5.41) is 5.33. The Labute approximate surface area is 231 Å². The number of nitrogens with zero attached hydrogens (tertiary/aromatic N) is 2. The Hall–Kier alpha value is -4.04. The van der Waals surface area contributed by atoms with Crippen LogP contribution in [-0.2, 0) is 12.0 Å². The molecule has 3 aromatic heterocycles. The molecule has 0 atom stereocenters. The molecule has 0 saturated heterocycles. The molecule has 0 unspecified atom stereocenters. The molecule has 7 rings (SSSR count). The molecule has 0 bridgehead atoms. The average Bonchev–Trinajstić information content (AvgIpc) is 3.11. The third-order valence-electron chi connectivity index (χ3n) is 9.18. The Morgan fingerprint density at radius 1 is 0.641 bits per heavy atom. The normalized spacial score (nSPS) is 13.7. The lowest BCUT2D eigenvalue weighted by atomic mass is 9.79. The molecule has 4 heterocycles. The van der Waals surface area contributed by atoms with Crippen LogP contribution in [0.4, 0.5) is 0 Å². The predicted molar refractivity (Wildman–Crippen MR) is 162 cm³/mol. The highest BCUT2D eigenvalue weighted by atomic mass is 15.1. The Balaban J connectivity index is 1.70. The quantitative estimate of drug-likeness (QED) is 0.163. The highest BCUT2D eigenvalue weighted by molar-refractivity contribution is 6.02. The number of hydrogen-bond acceptors (Lipinski definition) is 0. The molecule has 0 saturated carbocycles. The monoisotopic (exact) mass is 508 g/mol. The van der Waals surface area contributed by atoms with E-state index in [0.29, 0.717) is 0 Å². The maximum atomic E-state index is 2.63. The summed E-state index contributed by atoms with van der Waals surface area (Å²) in [6, 6.07) is 34.2. The molecule has 39 heavy (non-hydrogen) atoms. The van der Waals surface area contributed by atoms with E-state index in [1.54, 1.807) is 0 Å². The van der Waals surface area contributed by atoms with Crippen molar-refractivity contribution >= 4 is 27.1 Å². The van der Waals surface area contributed by atoms with Gasteiger partial charge in [0, 0.05) is 36.4 Å².